The van der Waals surface area contributed by atoms with Gasteiger partial charge in [-0.2, -0.15) is 0 Å². The van der Waals surface area contributed by atoms with Crippen molar-refractivity contribution in [1.29, 1.82) is 0 Å². The topological polar surface area (TPSA) is 46.3 Å². The largest absolute Gasteiger partial charge is 0.345 e. The predicted octanol–water partition coefficient (Wildman–Crippen LogP) is 1.79. The van der Waals surface area contributed by atoms with E-state index in [9.17, 15) is 4.79 Å². The molecule has 1 amide bonds. The van der Waals surface area contributed by atoms with Crippen molar-refractivity contribution in [2.45, 2.75) is 33.1 Å². The molecule has 0 bridgehead atoms. The molecule has 0 saturated carbocycles. The van der Waals surface area contributed by atoms with Gasteiger partial charge in [0, 0.05) is 19.5 Å². The summed E-state index contributed by atoms with van der Waals surface area (Å²) in [6.07, 6.45) is 7.20. The number of allylic oxidation sites excluding steroid dienone is 2. The molecule has 1 aliphatic carbocycles. The molecule has 1 unspecified atom stereocenters. The number of carbonyl (C=O) groups is 1. The molecule has 2 N–H and O–H groups in total. The van der Waals surface area contributed by atoms with Gasteiger partial charge in [-0.3, -0.25) is 4.79 Å². The average molecular weight is 224 g/mol. The molecule has 0 aromatic rings. The van der Waals surface area contributed by atoms with Crippen molar-refractivity contribution in [1.82, 2.24) is 4.90 Å². The van der Waals surface area contributed by atoms with Crippen LogP contribution >= 0.6 is 0 Å². The molecule has 0 aromatic heterocycles. The summed E-state index contributed by atoms with van der Waals surface area (Å²) in [5.41, 5.74) is 5.69. The lowest BCUT2D eigenvalue weighted by atomic mass is 9.90. The number of carbonyl (C=O) groups excluding carboxylic acids is 1. The van der Waals surface area contributed by atoms with Crippen LogP contribution in [0.25, 0.3) is 0 Å². The molecule has 1 atom stereocenters. The van der Waals surface area contributed by atoms with Crippen LogP contribution in [-0.4, -0.2) is 30.9 Å². The quantitative estimate of drug-likeness (QED) is 0.740. The van der Waals surface area contributed by atoms with E-state index in [4.69, 9.17) is 5.73 Å². The van der Waals surface area contributed by atoms with Crippen molar-refractivity contribution in [2.24, 2.45) is 17.1 Å². The van der Waals surface area contributed by atoms with E-state index in [0.29, 0.717) is 6.54 Å². The number of hydrogen-bond donors (Lipinski definition) is 1. The van der Waals surface area contributed by atoms with Crippen molar-refractivity contribution in [3.05, 3.63) is 12.2 Å². The van der Waals surface area contributed by atoms with Crippen molar-refractivity contribution >= 4 is 5.91 Å². The molecule has 0 spiro atoms. The van der Waals surface area contributed by atoms with E-state index in [-0.39, 0.29) is 17.2 Å². The number of hydrogen-bond acceptors (Lipinski definition) is 2. The van der Waals surface area contributed by atoms with Gasteiger partial charge in [-0.1, -0.05) is 26.0 Å². The van der Waals surface area contributed by atoms with E-state index >= 15 is 0 Å². The van der Waals surface area contributed by atoms with Gasteiger partial charge < -0.3 is 10.6 Å². The molecule has 0 aliphatic heterocycles. The molecule has 1 rings (SSSR count). The van der Waals surface area contributed by atoms with Crippen LogP contribution < -0.4 is 5.73 Å². The Hall–Kier alpha value is -0.830. The van der Waals surface area contributed by atoms with Gasteiger partial charge in [0.2, 0.25) is 5.91 Å². The van der Waals surface area contributed by atoms with E-state index in [1.807, 2.05) is 11.9 Å². The Bertz CT molecular complexity index is 271. The fourth-order valence-electron chi connectivity index (χ4n) is 2.11. The molecule has 1 aliphatic rings. The van der Waals surface area contributed by atoms with Gasteiger partial charge in [-0.15, -0.1) is 0 Å². The Labute approximate surface area is 98.7 Å². The van der Waals surface area contributed by atoms with Crippen LogP contribution in [0.3, 0.4) is 0 Å². The Morgan fingerprint density at radius 1 is 1.50 bits per heavy atom. The summed E-state index contributed by atoms with van der Waals surface area (Å²) >= 11 is 0. The van der Waals surface area contributed by atoms with Crippen LogP contribution in [0.15, 0.2) is 12.2 Å². The highest BCUT2D eigenvalue weighted by atomic mass is 16.2. The van der Waals surface area contributed by atoms with Gasteiger partial charge in [-0.25, -0.2) is 0 Å². The number of amides is 1. The molecule has 92 valence electrons. The number of nitrogens with zero attached hydrogens (tertiary/aromatic N) is 1. The Morgan fingerprint density at radius 3 is 2.69 bits per heavy atom. The first-order valence-corrected chi connectivity index (χ1v) is 6.06. The molecular weight excluding hydrogens is 200 g/mol. The van der Waals surface area contributed by atoms with E-state index in [1.54, 1.807) is 0 Å². The third-order valence-corrected chi connectivity index (χ3v) is 3.21. The molecule has 0 fully saturated rings. The lowest BCUT2D eigenvalue weighted by Gasteiger charge is -2.31. The average Bonchev–Trinajstić information content (AvgIpc) is 2.28. The van der Waals surface area contributed by atoms with Crippen LogP contribution in [-0.2, 0) is 4.79 Å². The maximum absolute atomic E-state index is 12.1. The Kier molecular flexibility index (Phi) is 4.54. The fourth-order valence-corrected chi connectivity index (χ4v) is 2.11. The maximum atomic E-state index is 12.1. The van der Waals surface area contributed by atoms with Crippen molar-refractivity contribution in [2.75, 3.05) is 20.1 Å². The summed E-state index contributed by atoms with van der Waals surface area (Å²) in [4.78, 5) is 14.0. The molecule has 0 radical (unpaired) electrons. The monoisotopic (exact) mass is 224 g/mol. The van der Waals surface area contributed by atoms with Gasteiger partial charge in [-0.05, 0) is 31.2 Å². The standard InChI is InChI=1S/C13H24N2O/c1-13(2,9-14)10-15(3)12(16)11-7-5-4-6-8-11/h4-5,11H,6-10,14H2,1-3H3. The SMILES string of the molecule is CN(CC(C)(C)CN)C(=O)C1CC=CCC1. The van der Waals surface area contributed by atoms with E-state index in [2.05, 4.69) is 26.0 Å². The molecule has 3 heteroatoms. The minimum atomic E-state index is 0.00885. The summed E-state index contributed by atoms with van der Waals surface area (Å²) in [5, 5.41) is 0. The van der Waals surface area contributed by atoms with E-state index < -0.39 is 0 Å². The zero-order valence-corrected chi connectivity index (χ0v) is 10.7. The first-order valence-electron chi connectivity index (χ1n) is 6.06. The second-order valence-electron chi connectivity index (χ2n) is 5.54. The normalized spacial score (nSPS) is 20.9. The van der Waals surface area contributed by atoms with Gasteiger partial charge in [0.1, 0.15) is 0 Å². The zero-order valence-electron chi connectivity index (χ0n) is 10.7. The van der Waals surface area contributed by atoms with E-state index in [1.165, 1.54) is 0 Å². The molecule has 0 aromatic carbocycles. The molecule has 3 nitrogen and oxygen atoms in total. The lowest BCUT2D eigenvalue weighted by Crippen LogP contribution is -2.42. The highest BCUT2D eigenvalue weighted by Crippen LogP contribution is 2.22. The summed E-state index contributed by atoms with van der Waals surface area (Å²) < 4.78 is 0. The van der Waals surface area contributed by atoms with Crippen LogP contribution in [0.1, 0.15) is 33.1 Å². The second-order valence-corrected chi connectivity index (χ2v) is 5.54. The number of rotatable bonds is 4. The highest BCUT2D eigenvalue weighted by Gasteiger charge is 2.26. The highest BCUT2D eigenvalue weighted by molar-refractivity contribution is 5.79. The Balaban J connectivity index is 2.50. The summed E-state index contributed by atoms with van der Waals surface area (Å²) in [6.45, 7) is 5.53. The van der Waals surface area contributed by atoms with Gasteiger partial charge in [0.05, 0.1) is 0 Å². The van der Waals surface area contributed by atoms with E-state index in [0.717, 1.165) is 25.8 Å². The van der Waals surface area contributed by atoms with Gasteiger partial charge in [0.15, 0.2) is 0 Å². The predicted molar refractivity (Wildman–Crippen MR) is 67.0 cm³/mol. The smallest absolute Gasteiger partial charge is 0.225 e. The molecule has 0 saturated heterocycles. The van der Waals surface area contributed by atoms with Gasteiger partial charge in [0.25, 0.3) is 0 Å². The van der Waals surface area contributed by atoms with Crippen molar-refractivity contribution in [3.8, 4) is 0 Å². The van der Waals surface area contributed by atoms with Crippen LogP contribution in [0.5, 0.6) is 0 Å². The zero-order chi connectivity index (χ0) is 12.2. The Morgan fingerprint density at radius 2 is 2.19 bits per heavy atom. The molecule has 16 heavy (non-hydrogen) atoms. The minimum absolute atomic E-state index is 0.00885. The maximum Gasteiger partial charge on any atom is 0.225 e. The molecule has 0 heterocycles. The summed E-state index contributed by atoms with van der Waals surface area (Å²) in [6, 6.07) is 0. The van der Waals surface area contributed by atoms with Crippen molar-refractivity contribution < 1.29 is 4.79 Å². The second kappa shape index (κ2) is 5.48. The number of nitrogens with two attached hydrogens (primary N) is 1. The lowest BCUT2D eigenvalue weighted by molar-refractivity contribution is -0.135. The third kappa shape index (κ3) is 3.63. The van der Waals surface area contributed by atoms with Gasteiger partial charge >= 0.3 is 0 Å². The fraction of sp³-hybridized carbons (Fsp3) is 0.769. The third-order valence-electron chi connectivity index (χ3n) is 3.21. The summed E-state index contributed by atoms with van der Waals surface area (Å²) in [5.74, 6) is 0.453. The van der Waals surface area contributed by atoms with Crippen LogP contribution in [0.2, 0.25) is 0 Å². The molecular formula is C13H24N2O. The first-order chi connectivity index (χ1) is 7.46. The summed E-state index contributed by atoms with van der Waals surface area (Å²) in [7, 11) is 1.89. The minimum Gasteiger partial charge on any atom is -0.345 e. The first kappa shape index (κ1) is 13.2. The van der Waals surface area contributed by atoms with Crippen molar-refractivity contribution in [3.63, 3.8) is 0 Å². The van der Waals surface area contributed by atoms with Crippen LogP contribution in [0, 0.1) is 11.3 Å². The van der Waals surface area contributed by atoms with Crippen LogP contribution in [0.4, 0.5) is 0 Å².